The number of ether oxygens (including phenoxy) is 2. The van der Waals surface area contributed by atoms with E-state index in [9.17, 15) is 4.79 Å². The van der Waals surface area contributed by atoms with Gasteiger partial charge in [-0.2, -0.15) is 0 Å². The van der Waals surface area contributed by atoms with E-state index >= 15 is 0 Å². The first-order chi connectivity index (χ1) is 13.4. The summed E-state index contributed by atoms with van der Waals surface area (Å²) < 4.78 is 13.7. The van der Waals surface area contributed by atoms with Crippen LogP contribution < -0.4 is 0 Å². The predicted octanol–water partition coefficient (Wildman–Crippen LogP) is 6.22. The fourth-order valence-electron chi connectivity index (χ4n) is 4.46. The first-order valence-electron chi connectivity index (χ1n) is 11.2. The molecule has 3 aliphatic rings. The molecule has 3 fully saturated rings. The molecule has 3 nitrogen and oxygen atoms in total. The van der Waals surface area contributed by atoms with Crippen LogP contribution in [0, 0.1) is 11.3 Å². The Morgan fingerprint density at radius 3 is 2.71 bits per heavy atom. The summed E-state index contributed by atoms with van der Waals surface area (Å²) in [5, 5.41) is 0. The van der Waals surface area contributed by atoms with E-state index in [4.69, 9.17) is 9.47 Å². The van der Waals surface area contributed by atoms with Gasteiger partial charge in [-0.15, -0.1) is 23.5 Å². The normalized spacial score (nSPS) is 33.2. The van der Waals surface area contributed by atoms with Gasteiger partial charge >= 0.3 is 0 Å². The first-order valence-corrected chi connectivity index (χ1v) is 13.3. The Balaban J connectivity index is 1.50. The number of unbranched alkanes of at least 4 members (excludes halogenated alkanes) is 2. The summed E-state index contributed by atoms with van der Waals surface area (Å²) in [7, 11) is 0. The molecule has 0 radical (unpaired) electrons. The van der Waals surface area contributed by atoms with Crippen molar-refractivity contribution >= 4 is 29.3 Å². The molecule has 0 aromatic rings. The second-order valence-electron chi connectivity index (χ2n) is 9.33. The van der Waals surface area contributed by atoms with Gasteiger partial charge in [0.05, 0.1) is 17.3 Å². The van der Waals surface area contributed by atoms with Crippen LogP contribution >= 0.6 is 23.5 Å². The van der Waals surface area contributed by atoms with Crippen LogP contribution in [0.2, 0.25) is 0 Å². The second kappa shape index (κ2) is 10.4. The van der Waals surface area contributed by atoms with E-state index in [1.54, 1.807) is 0 Å². The van der Waals surface area contributed by atoms with E-state index in [0.29, 0.717) is 12.3 Å². The molecule has 3 atom stereocenters. The summed E-state index contributed by atoms with van der Waals surface area (Å²) >= 11 is 4.21. The van der Waals surface area contributed by atoms with E-state index in [2.05, 4.69) is 50.4 Å². The number of carbonyl (C=O) groups excluding carboxylic acids is 1. The largest absolute Gasteiger partial charge is 0.349 e. The maximum absolute atomic E-state index is 12.0. The molecule has 0 aromatic carbocycles. The van der Waals surface area contributed by atoms with Crippen molar-refractivity contribution < 1.29 is 14.3 Å². The van der Waals surface area contributed by atoms with Gasteiger partial charge in [0.2, 0.25) is 0 Å². The van der Waals surface area contributed by atoms with Crippen molar-refractivity contribution in [2.24, 2.45) is 11.3 Å². The van der Waals surface area contributed by atoms with E-state index in [0.717, 1.165) is 56.1 Å². The molecule has 0 bridgehead atoms. The summed E-state index contributed by atoms with van der Waals surface area (Å²) in [4.78, 5) is 12.0. The first kappa shape index (κ1) is 22.7. The van der Waals surface area contributed by atoms with Crippen molar-refractivity contribution in [1.29, 1.82) is 0 Å². The number of allylic oxidation sites excluding steroid dienone is 2. The monoisotopic (exact) mass is 426 g/mol. The number of hydrogen-bond donors (Lipinski definition) is 0. The fraction of sp³-hybridized carbons (Fsp3) is 0.870. The summed E-state index contributed by atoms with van der Waals surface area (Å²) in [6.07, 6.45) is 13.5. The summed E-state index contributed by atoms with van der Waals surface area (Å²) in [6.45, 7) is 7.50. The zero-order chi connectivity index (χ0) is 20.0. The van der Waals surface area contributed by atoms with Gasteiger partial charge < -0.3 is 9.47 Å². The second-order valence-corrected chi connectivity index (χ2v) is 12.2. The minimum Gasteiger partial charge on any atom is -0.349 e. The average molecular weight is 427 g/mol. The number of thioether (sulfide) groups is 2. The van der Waals surface area contributed by atoms with Gasteiger partial charge in [0, 0.05) is 36.2 Å². The number of carbonyl (C=O) groups is 1. The van der Waals surface area contributed by atoms with Gasteiger partial charge in [-0.25, -0.2) is 0 Å². The summed E-state index contributed by atoms with van der Waals surface area (Å²) in [5.41, 5.74) is 0.0718. The highest BCUT2D eigenvalue weighted by Crippen LogP contribution is 2.48. The number of hydrogen-bond acceptors (Lipinski definition) is 5. The Kier molecular flexibility index (Phi) is 8.41. The van der Waals surface area contributed by atoms with Crippen molar-refractivity contribution in [3.63, 3.8) is 0 Å². The van der Waals surface area contributed by atoms with Crippen LogP contribution in [0.25, 0.3) is 0 Å². The maximum atomic E-state index is 12.0. The highest BCUT2D eigenvalue weighted by molar-refractivity contribution is 8.20. The van der Waals surface area contributed by atoms with Crippen molar-refractivity contribution in [2.45, 2.75) is 95.0 Å². The molecule has 2 heterocycles. The van der Waals surface area contributed by atoms with Crippen LogP contribution in [0.15, 0.2) is 12.2 Å². The average Bonchev–Trinajstić information content (AvgIpc) is 3.32. The molecule has 1 aliphatic carbocycles. The van der Waals surface area contributed by atoms with E-state index < -0.39 is 5.79 Å². The minimum absolute atomic E-state index is 0.0718. The van der Waals surface area contributed by atoms with Crippen molar-refractivity contribution in [3.05, 3.63) is 12.2 Å². The lowest BCUT2D eigenvalue weighted by molar-refractivity contribution is -0.327. The molecular formula is C23H38O3S2. The van der Waals surface area contributed by atoms with Crippen LogP contribution in [0.1, 0.15) is 78.6 Å². The standard InChI is InChI=1S/C23H38O3S2/c1-4-5-6-7-19(24)9-8-18-12-13-23(16-18)25-17-22(2,3)20(26-23)10-11-21-27-14-15-28-21/h8-9,18,20-21H,4-7,10-17H2,1-3H3/t18-,20?,23+/m1/s1. The molecule has 1 unspecified atom stereocenters. The molecular weight excluding hydrogens is 388 g/mol. The zero-order valence-electron chi connectivity index (χ0n) is 17.9. The molecule has 1 spiro atoms. The third kappa shape index (κ3) is 6.26. The number of ketones is 1. The van der Waals surface area contributed by atoms with Crippen LogP contribution in [0.3, 0.4) is 0 Å². The SMILES string of the molecule is CCCCCC(=O)C=C[C@@H]1CC[C@]2(C1)OCC(C)(C)C(CCC1SCCS1)O2. The molecule has 160 valence electrons. The lowest BCUT2D eigenvalue weighted by Gasteiger charge is -2.47. The molecule has 0 aromatic heterocycles. The Hall–Kier alpha value is 0.0300. The Labute approximate surface area is 180 Å². The topological polar surface area (TPSA) is 35.5 Å². The molecule has 0 amide bonds. The highest BCUT2D eigenvalue weighted by Gasteiger charge is 2.49. The molecule has 5 heteroatoms. The molecule has 28 heavy (non-hydrogen) atoms. The van der Waals surface area contributed by atoms with Gasteiger partial charge in [-0.1, -0.05) is 39.7 Å². The van der Waals surface area contributed by atoms with Gasteiger partial charge in [-0.05, 0) is 37.7 Å². The lowest BCUT2D eigenvalue weighted by Crippen LogP contribution is -2.52. The fourth-order valence-corrected chi connectivity index (χ4v) is 7.32. The Morgan fingerprint density at radius 2 is 1.96 bits per heavy atom. The van der Waals surface area contributed by atoms with Crippen molar-refractivity contribution in [2.75, 3.05) is 18.1 Å². The van der Waals surface area contributed by atoms with Crippen LogP contribution in [-0.4, -0.2) is 40.4 Å². The van der Waals surface area contributed by atoms with Crippen LogP contribution in [0.5, 0.6) is 0 Å². The number of rotatable bonds is 9. The quantitative estimate of drug-likeness (QED) is 0.323. The molecule has 2 saturated heterocycles. The van der Waals surface area contributed by atoms with E-state index in [-0.39, 0.29) is 17.3 Å². The molecule has 0 N–H and O–H groups in total. The summed E-state index contributed by atoms with van der Waals surface area (Å²) in [6, 6.07) is 0. The van der Waals surface area contributed by atoms with Crippen LogP contribution in [0.4, 0.5) is 0 Å². The summed E-state index contributed by atoms with van der Waals surface area (Å²) in [5.74, 6) is 2.84. The third-order valence-corrected chi connectivity index (χ3v) is 9.51. The van der Waals surface area contributed by atoms with Crippen molar-refractivity contribution in [1.82, 2.24) is 0 Å². The van der Waals surface area contributed by atoms with E-state index in [1.807, 2.05) is 6.08 Å². The molecule has 3 rings (SSSR count). The van der Waals surface area contributed by atoms with Gasteiger partial charge in [0.1, 0.15) is 0 Å². The van der Waals surface area contributed by atoms with Crippen molar-refractivity contribution in [3.8, 4) is 0 Å². The van der Waals surface area contributed by atoms with Gasteiger partial charge in [0.25, 0.3) is 0 Å². The third-order valence-electron chi connectivity index (χ3n) is 6.34. The molecule has 2 aliphatic heterocycles. The smallest absolute Gasteiger partial charge is 0.169 e. The highest BCUT2D eigenvalue weighted by atomic mass is 32.2. The zero-order valence-corrected chi connectivity index (χ0v) is 19.5. The Morgan fingerprint density at radius 1 is 1.18 bits per heavy atom. The van der Waals surface area contributed by atoms with Crippen LogP contribution in [-0.2, 0) is 14.3 Å². The van der Waals surface area contributed by atoms with E-state index in [1.165, 1.54) is 17.9 Å². The molecule has 1 saturated carbocycles. The maximum Gasteiger partial charge on any atom is 0.169 e. The minimum atomic E-state index is -0.420. The van der Waals surface area contributed by atoms with Gasteiger partial charge in [0.15, 0.2) is 11.6 Å². The van der Waals surface area contributed by atoms with Gasteiger partial charge in [-0.3, -0.25) is 4.79 Å². The predicted molar refractivity (Wildman–Crippen MR) is 121 cm³/mol. The Bertz CT molecular complexity index is 542. The lowest BCUT2D eigenvalue weighted by atomic mass is 9.83.